The molecule has 0 spiro atoms. The molecule has 1 aliphatic heterocycles. The minimum absolute atomic E-state index is 0.627. The molecule has 0 saturated carbocycles. The summed E-state index contributed by atoms with van der Waals surface area (Å²) in [5, 5.41) is 4.75. The molecule has 1 aliphatic rings. The van der Waals surface area contributed by atoms with Crippen molar-refractivity contribution in [2.45, 2.75) is 26.3 Å². The van der Waals surface area contributed by atoms with Gasteiger partial charge in [0.25, 0.3) is 0 Å². The van der Waals surface area contributed by atoms with Crippen molar-refractivity contribution in [1.82, 2.24) is 15.0 Å². The smallest absolute Gasteiger partial charge is 0.241 e. The van der Waals surface area contributed by atoms with Crippen LogP contribution in [0.25, 0.3) is 11.4 Å². The van der Waals surface area contributed by atoms with Crippen LogP contribution in [0.4, 0.5) is 0 Å². The first-order valence-corrected chi connectivity index (χ1v) is 7.39. The maximum absolute atomic E-state index is 5.88. The van der Waals surface area contributed by atoms with Gasteiger partial charge in [0, 0.05) is 17.1 Å². The third kappa shape index (κ3) is 3.19. The van der Waals surface area contributed by atoms with Crippen LogP contribution in [0.3, 0.4) is 0 Å². The zero-order chi connectivity index (χ0) is 13.9. The molecule has 0 amide bonds. The summed E-state index contributed by atoms with van der Waals surface area (Å²) < 4.78 is 5.35. The number of hydrogen-bond donors (Lipinski definition) is 0. The van der Waals surface area contributed by atoms with Crippen LogP contribution in [0.15, 0.2) is 28.8 Å². The van der Waals surface area contributed by atoms with Gasteiger partial charge in [-0.15, -0.1) is 0 Å². The van der Waals surface area contributed by atoms with Gasteiger partial charge in [-0.05, 0) is 49.6 Å². The Hall–Kier alpha value is -1.39. The molecule has 3 rings (SSSR count). The van der Waals surface area contributed by atoms with Gasteiger partial charge in [0.2, 0.25) is 11.7 Å². The second kappa shape index (κ2) is 5.94. The predicted octanol–water partition coefficient (Wildman–Crippen LogP) is 3.62. The number of halogens is 1. The van der Waals surface area contributed by atoms with Crippen molar-refractivity contribution in [2.75, 3.05) is 13.1 Å². The normalized spacial score (nSPS) is 20.2. The lowest BCUT2D eigenvalue weighted by molar-refractivity contribution is 0.157. The molecule has 1 atom stereocenters. The number of piperidine rings is 1. The summed E-state index contributed by atoms with van der Waals surface area (Å²) in [5.41, 5.74) is 0.927. The standard InChI is InChI=1S/C15H18ClN3O/c1-11-3-2-8-19(9-11)10-14-17-15(18-20-14)12-4-6-13(16)7-5-12/h4-7,11H,2-3,8-10H2,1H3/t11-/m0/s1. The van der Waals surface area contributed by atoms with E-state index in [2.05, 4.69) is 22.0 Å². The Morgan fingerprint density at radius 3 is 2.90 bits per heavy atom. The molecule has 1 saturated heterocycles. The van der Waals surface area contributed by atoms with Crippen LogP contribution in [0.2, 0.25) is 5.02 Å². The Balaban J connectivity index is 1.69. The fourth-order valence-electron chi connectivity index (χ4n) is 2.66. The molecule has 1 fully saturated rings. The first-order valence-electron chi connectivity index (χ1n) is 7.01. The van der Waals surface area contributed by atoms with Gasteiger partial charge in [0.15, 0.2) is 0 Å². The third-order valence-corrected chi connectivity index (χ3v) is 3.92. The molecule has 0 radical (unpaired) electrons. The van der Waals surface area contributed by atoms with E-state index in [1.165, 1.54) is 12.8 Å². The van der Waals surface area contributed by atoms with Crippen LogP contribution in [0.5, 0.6) is 0 Å². The number of aromatic nitrogens is 2. The maximum Gasteiger partial charge on any atom is 0.241 e. The Morgan fingerprint density at radius 1 is 1.35 bits per heavy atom. The minimum Gasteiger partial charge on any atom is -0.338 e. The molecule has 2 heterocycles. The van der Waals surface area contributed by atoms with Gasteiger partial charge in [-0.1, -0.05) is 23.7 Å². The lowest BCUT2D eigenvalue weighted by Crippen LogP contribution is -2.33. The van der Waals surface area contributed by atoms with Crippen LogP contribution in [0, 0.1) is 5.92 Å². The number of likely N-dealkylation sites (tertiary alicyclic amines) is 1. The lowest BCUT2D eigenvalue weighted by Gasteiger charge is -2.29. The van der Waals surface area contributed by atoms with E-state index in [0.29, 0.717) is 16.7 Å². The zero-order valence-corrected chi connectivity index (χ0v) is 12.3. The van der Waals surface area contributed by atoms with E-state index in [1.807, 2.05) is 24.3 Å². The van der Waals surface area contributed by atoms with E-state index >= 15 is 0 Å². The monoisotopic (exact) mass is 291 g/mol. The van der Waals surface area contributed by atoms with Crippen molar-refractivity contribution in [3.63, 3.8) is 0 Å². The molecule has 0 unspecified atom stereocenters. The van der Waals surface area contributed by atoms with Crippen molar-refractivity contribution in [1.29, 1.82) is 0 Å². The van der Waals surface area contributed by atoms with Crippen LogP contribution in [0.1, 0.15) is 25.7 Å². The van der Waals surface area contributed by atoms with Gasteiger partial charge in [-0.25, -0.2) is 0 Å². The summed E-state index contributed by atoms with van der Waals surface area (Å²) in [5.74, 6) is 2.06. The molecule has 106 valence electrons. The Bertz CT molecular complexity index is 567. The van der Waals surface area contributed by atoms with Gasteiger partial charge in [-0.2, -0.15) is 4.98 Å². The quantitative estimate of drug-likeness (QED) is 0.866. The number of rotatable bonds is 3. The number of benzene rings is 1. The van der Waals surface area contributed by atoms with E-state index in [9.17, 15) is 0 Å². The Kier molecular flexibility index (Phi) is 4.03. The predicted molar refractivity (Wildman–Crippen MR) is 78.4 cm³/mol. The van der Waals surface area contributed by atoms with Crippen LogP contribution in [-0.4, -0.2) is 28.1 Å². The summed E-state index contributed by atoms with van der Waals surface area (Å²) in [6.07, 6.45) is 2.57. The largest absolute Gasteiger partial charge is 0.338 e. The van der Waals surface area contributed by atoms with Gasteiger partial charge in [-0.3, -0.25) is 4.90 Å². The molecule has 1 aromatic carbocycles. The Labute approximate surface area is 123 Å². The van der Waals surface area contributed by atoms with Crippen molar-refractivity contribution in [2.24, 2.45) is 5.92 Å². The van der Waals surface area contributed by atoms with E-state index in [0.717, 1.165) is 31.1 Å². The summed E-state index contributed by atoms with van der Waals surface area (Å²) in [6.45, 7) is 5.26. The summed E-state index contributed by atoms with van der Waals surface area (Å²) >= 11 is 5.88. The van der Waals surface area contributed by atoms with Crippen molar-refractivity contribution in [3.8, 4) is 11.4 Å². The third-order valence-electron chi connectivity index (χ3n) is 3.67. The van der Waals surface area contributed by atoms with E-state index in [4.69, 9.17) is 16.1 Å². The van der Waals surface area contributed by atoms with Crippen LogP contribution in [-0.2, 0) is 6.54 Å². The lowest BCUT2D eigenvalue weighted by atomic mass is 10.0. The molecular weight excluding hydrogens is 274 g/mol. The molecule has 0 bridgehead atoms. The van der Waals surface area contributed by atoms with E-state index < -0.39 is 0 Å². The zero-order valence-electron chi connectivity index (χ0n) is 11.6. The topological polar surface area (TPSA) is 42.2 Å². The Morgan fingerprint density at radius 2 is 2.15 bits per heavy atom. The second-order valence-corrected chi connectivity index (χ2v) is 5.94. The molecular formula is C15H18ClN3O. The van der Waals surface area contributed by atoms with E-state index in [1.54, 1.807) is 0 Å². The molecule has 5 heteroatoms. The summed E-state index contributed by atoms with van der Waals surface area (Å²) in [4.78, 5) is 6.85. The average Bonchev–Trinajstić information content (AvgIpc) is 2.88. The van der Waals surface area contributed by atoms with Crippen molar-refractivity contribution >= 4 is 11.6 Å². The molecule has 4 nitrogen and oxygen atoms in total. The maximum atomic E-state index is 5.88. The summed E-state index contributed by atoms with van der Waals surface area (Å²) in [7, 11) is 0. The van der Waals surface area contributed by atoms with Crippen LogP contribution >= 0.6 is 11.6 Å². The van der Waals surface area contributed by atoms with Gasteiger partial charge in [0.05, 0.1) is 6.54 Å². The number of hydrogen-bond acceptors (Lipinski definition) is 4. The molecule has 0 aliphatic carbocycles. The molecule has 1 aromatic heterocycles. The average molecular weight is 292 g/mol. The van der Waals surface area contributed by atoms with Gasteiger partial charge < -0.3 is 4.52 Å². The highest BCUT2D eigenvalue weighted by Gasteiger charge is 2.19. The number of nitrogens with zero attached hydrogens (tertiary/aromatic N) is 3. The highest BCUT2D eigenvalue weighted by molar-refractivity contribution is 6.30. The molecule has 2 aromatic rings. The minimum atomic E-state index is 0.627. The highest BCUT2D eigenvalue weighted by Crippen LogP contribution is 2.21. The van der Waals surface area contributed by atoms with Gasteiger partial charge in [0.1, 0.15) is 0 Å². The first-order chi connectivity index (χ1) is 9.70. The van der Waals surface area contributed by atoms with Crippen LogP contribution < -0.4 is 0 Å². The summed E-state index contributed by atoms with van der Waals surface area (Å²) in [6, 6.07) is 7.47. The molecule has 20 heavy (non-hydrogen) atoms. The second-order valence-electron chi connectivity index (χ2n) is 5.50. The first kappa shape index (κ1) is 13.6. The highest BCUT2D eigenvalue weighted by atomic mass is 35.5. The fraction of sp³-hybridized carbons (Fsp3) is 0.467. The SMILES string of the molecule is C[C@H]1CCCN(Cc2nc(-c3ccc(Cl)cc3)no2)C1. The molecule has 0 N–H and O–H groups in total. The van der Waals surface area contributed by atoms with E-state index in [-0.39, 0.29) is 0 Å². The van der Waals surface area contributed by atoms with Gasteiger partial charge >= 0.3 is 0 Å². The van der Waals surface area contributed by atoms with Crippen molar-refractivity contribution < 1.29 is 4.52 Å². The fourth-order valence-corrected chi connectivity index (χ4v) is 2.78. The van der Waals surface area contributed by atoms with Crippen molar-refractivity contribution in [3.05, 3.63) is 35.2 Å².